The number of fused-ring (bicyclic) bond motifs is 2. The molecular formula is C40H58FN3O5SSi2. The Morgan fingerprint density at radius 3 is 2.23 bits per heavy atom. The number of hydrogen-bond donors (Lipinski definition) is 0. The van der Waals surface area contributed by atoms with Crippen LogP contribution < -0.4 is 14.4 Å². The van der Waals surface area contributed by atoms with E-state index >= 15 is 4.39 Å². The van der Waals surface area contributed by atoms with Crippen molar-refractivity contribution in [3.05, 3.63) is 47.3 Å². The Morgan fingerprint density at radius 2 is 1.67 bits per heavy atom. The molecule has 1 aliphatic heterocycles. The first-order chi connectivity index (χ1) is 24.3. The van der Waals surface area contributed by atoms with Gasteiger partial charge in [0.15, 0.2) is 20.6 Å². The third kappa shape index (κ3) is 8.34. The van der Waals surface area contributed by atoms with E-state index in [-0.39, 0.29) is 11.8 Å². The number of aromatic nitrogens is 1. The summed E-state index contributed by atoms with van der Waals surface area (Å²) >= 11 is 0. The number of ether oxygens (including phenoxy) is 3. The fourth-order valence-electron chi connectivity index (χ4n) is 7.17. The van der Waals surface area contributed by atoms with Crippen molar-refractivity contribution < 1.29 is 27.2 Å². The van der Waals surface area contributed by atoms with E-state index in [2.05, 4.69) is 91.9 Å². The Kier molecular flexibility index (Phi) is 13.2. The zero-order valence-electron chi connectivity index (χ0n) is 33.6. The molecule has 0 N–H and O–H groups in total. The summed E-state index contributed by atoms with van der Waals surface area (Å²) in [6.45, 7) is 25.5. The second kappa shape index (κ2) is 16.5. The second-order valence-electron chi connectivity index (χ2n) is 16.0. The molecule has 0 spiro atoms. The molecule has 2 aromatic carbocycles. The highest BCUT2D eigenvalue weighted by Gasteiger charge is 2.42. The smallest absolute Gasteiger partial charge is 0.224 e. The summed E-state index contributed by atoms with van der Waals surface area (Å²) in [5.41, 5.74) is 7.15. The maximum absolute atomic E-state index is 16.2. The van der Waals surface area contributed by atoms with Gasteiger partial charge in [0.25, 0.3) is 0 Å². The molecule has 0 radical (unpaired) electrons. The zero-order chi connectivity index (χ0) is 38.8. The van der Waals surface area contributed by atoms with E-state index < -0.39 is 38.5 Å². The lowest BCUT2D eigenvalue weighted by atomic mass is 9.95. The van der Waals surface area contributed by atoms with Crippen molar-refractivity contribution in [2.45, 2.75) is 103 Å². The predicted octanol–water partition coefficient (Wildman–Crippen LogP) is 9.52. The molecule has 0 bridgehead atoms. The Bertz CT molecular complexity index is 1860. The van der Waals surface area contributed by atoms with Gasteiger partial charge in [0, 0.05) is 37.1 Å². The summed E-state index contributed by atoms with van der Waals surface area (Å²) in [5.74, 6) is 3.91. The number of nitrogens with zero attached hydrogens (tertiary/aromatic N) is 3. The SMILES string of the molecule is COCOc1cc(-c2cc3c(c(OC)n2)C=NC(S(C)=O)N3CCO[Si](C)(C)C(C)(C)C)c2c(C#C[Si](C(C)C)(C(C)C)C(C)C)c(F)ccc2c1. The van der Waals surface area contributed by atoms with Crippen molar-refractivity contribution in [3.8, 4) is 34.4 Å². The van der Waals surface area contributed by atoms with Crippen LogP contribution in [0.3, 0.4) is 0 Å². The maximum Gasteiger partial charge on any atom is 0.224 e. The number of anilines is 1. The minimum atomic E-state index is -2.21. The molecule has 52 heavy (non-hydrogen) atoms. The standard InChI is InChI=1S/C40H58FN3O5SSi2/c1-26(2)52(27(3)4,28(5)6)20-17-31-34(41)16-15-29-21-30(48-25-46-10)22-32(37(29)31)35-23-36-33(38(43-35)47-11)24-42-39(50(12)45)44(36)18-19-49-51(13,14)40(7,8)9/h15-16,21-24,26-28,39H,18-19,25H2,1-14H3. The quantitative estimate of drug-likeness (QED) is 0.0974. The molecule has 284 valence electrons. The Morgan fingerprint density at radius 1 is 1.02 bits per heavy atom. The third-order valence-corrected chi connectivity index (χ3v) is 22.7. The topological polar surface area (TPSA) is 82.5 Å². The van der Waals surface area contributed by atoms with Gasteiger partial charge in [-0.1, -0.05) is 74.3 Å². The van der Waals surface area contributed by atoms with Gasteiger partial charge in [0.1, 0.15) is 19.6 Å². The molecular weight excluding hydrogens is 710 g/mol. The summed E-state index contributed by atoms with van der Waals surface area (Å²) in [6.07, 6.45) is 3.34. The molecule has 3 aromatic rings. The lowest BCUT2D eigenvalue weighted by Crippen LogP contribution is -2.46. The molecule has 12 heteroatoms. The van der Waals surface area contributed by atoms with E-state index in [0.717, 1.165) is 11.1 Å². The fourth-order valence-corrected chi connectivity index (χ4v) is 14.2. The van der Waals surface area contributed by atoms with E-state index in [1.807, 2.05) is 23.1 Å². The molecule has 0 saturated carbocycles. The van der Waals surface area contributed by atoms with Crippen LogP contribution in [0, 0.1) is 17.3 Å². The number of pyridine rings is 1. The fraction of sp³-hybridized carbons (Fsp3) is 0.550. The zero-order valence-corrected chi connectivity index (χ0v) is 36.4. The van der Waals surface area contributed by atoms with Crippen molar-refractivity contribution in [3.63, 3.8) is 0 Å². The predicted molar refractivity (Wildman–Crippen MR) is 220 cm³/mol. The monoisotopic (exact) mass is 767 g/mol. The van der Waals surface area contributed by atoms with Crippen LogP contribution in [0.15, 0.2) is 35.3 Å². The molecule has 0 aliphatic carbocycles. The molecule has 2 heterocycles. The minimum absolute atomic E-state index is 0.0345. The average molecular weight is 768 g/mol. The van der Waals surface area contributed by atoms with Gasteiger partial charge < -0.3 is 23.5 Å². The molecule has 0 fully saturated rings. The van der Waals surface area contributed by atoms with Crippen molar-refractivity contribution in [1.82, 2.24) is 4.98 Å². The van der Waals surface area contributed by atoms with E-state index in [4.69, 9.17) is 23.6 Å². The Balaban J connectivity index is 2.02. The highest BCUT2D eigenvalue weighted by atomic mass is 32.2. The number of hydrogen-bond acceptors (Lipinski definition) is 8. The van der Waals surface area contributed by atoms with Gasteiger partial charge in [-0.15, -0.1) is 5.54 Å². The van der Waals surface area contributed by atoms with Crippen LogP contribution >= 0.6 is 0 Å². The van der Waals surface area contributed by atoms with Crippen LogP contribution in [0.2, 0.25) is 34.8 Å². The van der Waals surface area contributed by atoms with Gasteiger partial charge in [0.2, 0.25) is 5.88 Å². The van der Waals surface area contributed by atoms with E-state index in [1.54, 1.807) is 32.8 Å². The molecule has 4 rings (SSSR count). The number of aliphatic imine (C=N–C) groups is 1. The first-order valence-corrected chi connectivity index (χ1v) is 24.8. The average Bonchev–Trinajstić information content (AvgIpc) is 3.06. The summed E-state index contributed by atoms with van der Waals surface area (Å²) < 4.78 is 53.0. The summed E-state index contributed by atoms with van der Waals surface area (Å²) in [7, 11) is -2.47. The first-order valence-electron chi connectivity index (χ1n) is 18.1. The highest BCUT2D eigenvalue weighted by Crippen LogP contribution is 2.43. The molecule has 0 saturated heterocycles. The second-order valence-corrected chi connectivity index (χ2v) is 27.9. The summed E-state index contributed by atoms with van der Waals surface area (Å²) in [6, 6.07) is 8.91. The first kappa shape index (κ1) is 41.7. The van der Waals surface area contributed by atoms with Crippen LogP contribution in [0.4, 0.5) is 10.1 Å². The largest absolute Gasteiger partial charge is 0.480 e. The van der Waals surface area contributed by atoms with E-state index in [0.29, 0.717) is 69.2 Å². The van der Waals surface area contributed by atoms with E-state index in [1.165, 1.54) is 6.07 Å². The van der Waals surface area contributed by atoms with Gasteiger partial charge in [0.05, 0.1) is 47.0 Å². The number of benzene rings is 2. The molecule has 1 aromatic heterocycles. The number of halogens is 1. The van der Waals surface area contributed by atoms with Crippen LogP contribution in [-0.4, -0.2) is 77.7 Å². The third-order valence-electron chi connectivity index (χ3n) is 10.9. The number of methoxy groups -OCH3 is 2. The maximum atomic E-state index is 16.2. The molecule has 0 amide bonds. The van der Waals surface area contributed by atoms with Gasteiger partial charge in [-0.25, -0.2) is 9.37 Å². The normalized spacial score (nSPS) is 15.7. The molecule has 2 atom stereocenters. The molecule has 1 aliphatic rings. The Labute approximate surface area is 315 Å². The lowest BCUT2D eigenvalue weighted by molar-refractivity contribution is 0.0512. The molecule has 8 nitrogen and oxygen atoms in total. The van der Waals surface area contributed by atoms with Gasteiger partial charge in [-0.3, -0.25) is 9.20 Å². The van der Waals surface area contributed by atoms with Crippen LogP contribution in [0.1, 0.15) is 73.4 Å². The molecule has 2 unspecified atom stereocenters. The lowest BCUT2D eigenvalue weighted by Gasteiger charge is -2.38. The van der Waals surface area contributed by atoms with Crippen molar-refractivity contribution in [2.75, 3.05) is 45.3 Å². The Hall–Kier alpha value is -3.09. The van der Waals surface area contributed by atoms with Crippen molar-refractivity contribution >= 4 is 49.9 Å². The van der Waals surface area contributed by atoms with Gasteiger partial charge >= 0.3 is 0 Å². The highest BCUT2D eigenvalue weighted by molar-refractivity contribution is 7.85. The van der Waals surface area contributed by atoms with Crippen molar-refractivity contribution in [2.24, 2.45) is 4.99 Å². The van der Waals surface area contributed by atoms with Crippen LogP contribution in [-0.2, 0) is 20.0 Å². The van der Waals surface area contributed by atoms with Crippen molar-refractivity contribution in [1.29, 1.82) is 0 Å². The van der Waals surface area contributed by atoms with E-state index in [9.17, 15) is 4.21 Å². The van der Waals surface area contributed by atoms with Gasteiger partial charge in [-0.2, -0.15) is 0 Å². The van der Waals surface area contributed by atoms with Gasteiger partial charge in [-0.05, 0) is 64.4 Å². The minimum Gasteiger partial charge on any atom is -0.480 e. The summed E-state index contributed by atoms with van der Waals surface area (Å²) in [4.78, 5) is 11.7. The summed E-state index contributed by atoms with van der Waals surface area (Å²) in [5, 5.41) is 1.43. The van der Waals surface area contributed by atoms with Crippen LogP contribution in [0.5, 0.6) is 11.6 Å². The number of rotatable bonds is 13. The van der Waals surface area contributed by atoms with Crippen LogP contribution in [0.25, 0.3) is 22.0 Å².